The molecule has 1 fully saturated rings. The molecule has 1 saturated carbocycles. The topological polar surface area (TPSA) is 75.1 Å². The fourth-order valence-electron chi connectivity index (χ4n) is 2.57. The molecule has 1 aromatic heterocycles. The van der Waals surface area contributed by atoms with Crippen LogP contribution in [0, 0.1) is 19.3 Å². The molecule has 0 atom stereocenters. The van der Waals surface area contributed by atoms with Crippen molar-refractivity contribution in [1.29, 1.82) is 0 Å². The van der Waals surface area contributed by atoms with Gasteiger partial charge in [0.1, 0.15) is 0 Å². The van der Waals surface area contributed by atoms with Gasteiger partial charge in [-0.3, -0.25) is 4.79 Å². The fraction of sp³-hybridized carbons (Fsp3) is 0.615. The number of anilines is 1. The number of carboxylic acid groups (broad SMARTS) is 1. The minimum absolute atomic E-state index is 0.408. The van der Waals surface area contributed by atoms with E-state index in [0.717, 1.165) is 37.1 Å². The average molecular weight is 249 g/mol. The third kappa shape index (κ3) is 2.60. The highest BCUT2D eigenvalue weighted by Crippen LogP contribution is 2.38. The minimum atomic E-state index is -0.711. The number of hydrogen-bond acceptors (Lipinski definition) is 4. The van der Waals surface area contributed by atoms with E-state index in [1.54, 1.807) is 0 Å². The molecule has 0 aliphatic heterocycles. The van der Waals surface area contributed by atoms with Crippen molar-refractivity contribution >= 4 is 11.9 Å². The summed E-state index contributed by atoms with van der Waals surface area (Å²) in [7, 11) is 0. The van der Waals surface area contributed by atoms with E-state index in [0.29, 0.717) is 12.5 Å². The van der Waals surface area contributed by atoms with Crippen LogP contribution in [-0.4, -0.2) is 27.6 Å². The van der Waals surface area contributed by atoms with E-state index in [2.05, 4.69) is 15.3 Å². The van der Waals surface area contributed by atoms with Crippen LogP contribution in [0.5, 0.6) is 0 Å². The number of rotatable bonds is 4. The molecule has 98 valence electrons. The van der Waals surface area contributed by atoms with Gasteiger partial charge >= 0.3 is 5.97 Å². The molecule has 5 heteroatoms. The van der Waals surface area contributed by atoms with E-state index in [1.807, 2.05) is 19.9 Å². The molecule has 0 aromatic carbocycles. The molecule has 2 N–H and O–H groups in total. The average Bonchev–Trinajstić information content (AvgIpc) is 2.75. The molecule has 1 aliphatic carbocycles. The van der Waals surface area contributed by atoms with Crippen LogP contribution in [0.3, 0.4) is 0 Å². The minimum Gasteiger partial charge on any atom is -0.481 e. The maximum atomic E-state index is 11.4. The normalized spacial score (nSPS) is 17.7. The van der Waals surface area contributed by atoms with E-state index in [9.17, 15) is 9.90 Å². The molecule has 18 heavy (non-hydrogen) atoms. The second-order valence-corrected chi connectivity index (χ2v) is 5.12. The first-order chi connectivity index (χ1) is 8.52. The molecule has 0 unspecified atom stereocenters. The highest BCUT2D eigenvalue weighted by atomic mass is 16.4. The van der Waals surface area contributed by atoms with Crippen LogP contribution >= 0.6 is 0 Å². The maximum Gasteiger partial charge on any atom is 0.311 e. The van der Waals surface area contributed by atoms with E-state index in [-0.39, 0.29) is 0 Å². The van der Waals surface area contributed by atoms with Gasteiger partial charge in [-0.05, 0) is 32.8 Å². The van der Waals surface area contributed by atoms with Gasteiger partial charge in [0.2, 0.25) is 5.95 Å². The van der Waals surface area contributed by atoms with Gasteiger partial charge < -0.3 is 10.4 Å². The van der Waals surface area contributed by atoms with Crippen molar-refractivity contribution in [3.8, 4) is 0 Å². The van der Waals surface area contributed by atoms with Crippen LogP contribution in [0.4, 0.5) is 5.95 Å². The highest BCUT2D eigenvalue weighted by Gasteiger charge is 2.41. The first-order valence-corrected chi connectivity index (χ1v) is 6.31. The molecular formula is C13H19N3O2. The molecule has 0 saturated heterocycles. The Hall–Kier alpha value is -1.65. The summed E-state index contributed by atoms with van der Waals surface area (Å²) in [6.45, 7) is 4.22. The molecule has 0 radical (unpaired) electrons. The summed E-state index contributed by atoms with van der Waals surface area (Å²) in [5, 5.41) is 12.5. The summed E-state index contributed by atoms with van der Waals surface area (Å²) in [4.78, 5) is 19.9. The first-order valence-electron chi connectivity index (χ1n) is 6.31. The lowest BCUT2D eigenvalue weighted by atomic mass is 9.86. The van der Waals surface area contributed by atoms with Crippen LogP contribution in [-0.2, 0) is 4.79 Å². The largest absolute Gasteiger partial charge is 0.481 e. The number of nitrogens with one attached hydrogen (secondary N) is 1. The molecule has 2 rings (SSSR count). The third-order valence-corrected chi connectivity index (χ3v) is 3.58. The Balaban J connectivity index is 2.08. The number of nitrogens with zero attached hydrogens (tertiary/aromatic N) is 2. The molecule has 1 heterocycles. The molecule has 5 nitrogen and oxygen atoms in total. The Bertz CT molecular complexity index is 433. The van der Waals surface area contributed by atoms with Crippen molar-refractivity contribution in [2.24, 2.45) is 5.41 Å². The molecule has 0 amide bonds. The quantitative estimate of drug-likeness (QED) is 0.855. The third-order valence-electron chi connectivity index (χ3n) is 3.58. The van der Waals surface area contributed by atoms with Crippen molar-refractivity contribution < 1.29 is 9.90 Å². The number of aromatic nitrogens is 2. The Morgan fingerprint density at radius 2 is 1.89 bits per heavy atom. The lowest BCUT2D eigenvalue weighted by Gasteiger charge is -2.24. The van der Waals surface area contributed by atoms with E-state index >= 15 is 0 Å². The molecule has 1 aromatic rings. The van der Waals surface area contributed by atoms with E-state index < -0.39 is 11.4 Å². The van der Waals surface area contributed by atoms with Crippen LogP contribution in [0.25, 0.3) is 0 Å². The van der Waals surface area contributed by atoms with E-state index in [1.165, 1.54) is 0 Å². The van der Waals surface area contributed by atoms with Gasteiger partial charge in [0.15, 0.2) is 0 Å². The molecule has 0 spiro atoms. The fourth-order valence-corrected chi connectivity index (χ4v) is 2.57. The predicted octanol–water partition coefficient (Wildman–Crippen LogP) is 2.15. The Morgan fingerprint density at radius 3 is 2.39 bits per heavy atom. The van der Waals surface area contributed by atoms with E-state index in [4.69, 9.17) is 0 Å². The van der Waals surface area contributed by atoms with Crippen molar-refractivity contribution in [1.82, 2.24) is 9.97 Å². The van der Waals surface area contributed by atoms with Gasteiger partial charge in [-0.2, -0.15) is 0 Å². The summed E-state index contributed by atoms with van der Waals surface area (Å²) in [5.41, 5.74) is 1.14. The highest BCUT2D eigenvalue weighted by molar-refractivity contribution is 5.75. The maximum absolute atomic E-state index is 11.4. The predicted molar refractivity (Wildman–Crippen MR) is 68.5 cm³/mol. The van der Waals surface area contributed by atoms with Crippen LogP contribution < -0.4 is 5.32 Å². The summed E-state index contributed by atoms with van der Waals surface area (Å²) < 4.78 is 0. The summed E-state index contributed by atoms with van der Waals surface area (Å²) >= 11 is 0. The summed E-state index contributed by atoms with van der Waals surface area (Å²) in [5.74, 6) is -0.183. The summed E-state index contributed by atoms with van der Waals surface area (Å²) in [6.07, 6.45) is 3.45. The zero-order chi connectivity index (χ0) is 13.2. The van der Waals surface area contributed by atoms with Gasteiger partial charge in [-0.25, -0.2) is 9.97 Å². The summed E-state index contributed by atoms with van der Waals surface area (Å²) in [6, 6.07) is 1.90. The van der Waals surface area contributed by atoms with Crippen molar-refractivity contribution in [3.63, 3.8) is 0 Å². The number of carboxylic acids is 1. The zero-order valence-corrected chi connectivity index (χ0v) is 10.9. The van der Waals surface area contributed by atoms with Gasteiger partial charge in [0.25, 0.3) is 0 Å². The SMILES string of the molecule is Cc1cc(C)nc(NCC2(C(=O)O)CCCC2)n1. The van der Waals surface area contributed by atoms with Gasteiger partial charge in [0, 0.05) is 17.9 Å². The monoisotopic (exact) mass is 249 g/mol. The molecule has 0 bridgehead atoms. The van der Waals surface area contributed by atoms with Gasteiger partial charge in [0.05, 0.1) is 5.41 Å². The van der Waals surface area contributed by atoms with Crippen LogP contribution in [0.1, 0.15) is 37.1 Å². The van der Waals surface area contributed by atoms with Crippen molar-refractivity contribution in [2.75, 3.05) is 11.9 Å². The van der Waals surface area contributed by atoms with Gasteiger partial charge in [-0.15, -0.1) is 0 Å². The second kappa shape index (κ2) is 4.92. The standard InChI is InChI=1S/C13H19N3O2/c1-9-7-10(2)16-12(15-9)14-8-13(11(17)18)5-3-4-6-13/h7H,3-6,8H2,1-2H3,(H,17,18)(H,14,15,16). The van der Waals surface area contributed by atoms with Gasteiger partial charge in [-0.1, -0.05) is 12.8 Å². The lowest BCUT2D eigenvalue weighted by molar-refractivity contribution is -0.147. The number of aryl methyl sites for hydroxylation is 2. The Kier molecular flexibility index (Phi) is 3.50. The van der Waals surface area contributed by atoms with Crippen molar-refractivity contribution in [2.45, 2.75) is 39.5 Å². The van der Waals surface area contributed by atoms with Crippen LogP contribution in [0.15, 0.2) is 6.07 Å². The Labute approximate surface area is 107 Å². The zero-order valence-electron chi connectivity index (χ0n) is 10.9. The number of carbonyl (C=O) groups is 1. The molecular weight excluding hydrogens is 230 g/mol. The Morgan fingerprint density at radius 1 is 1.33 bits per heavy atom. The van der Waals surface area contributed by atoms with Crippen molar-refractivity contribution in [3.05, 3.63) is 17.5 Å². The second-order valence-electron chi connectivity index (χ2n) is 5.12. The lowest BCUT2D eigenvalue weighted by Crippen LogP contribution is -2.35. The number of hydrogen-bond donors (Lipinski definition) is 2. The molecule has 1 aliphatic rings. The first kappa shape index (κ1) is 12.8. The smallest absolute Gasteiger partial charge is 0.311 e. The number of aliphatic carboxylic acids is 1. The van der Waals surface area contributed by atoms with Crippen LogP contribution in [0.2, 0.25) is 0 Å².